The average Bonchev–Trinajstić information content (AvgIpc) is 3.17. The van der Waals surface area contributed by atoms with E-state index in [1.807, 2.05) is 36.4 Å². The second kappa shape index (κ2) is 9.43. The first-order valence-corrected chi connectivity index (χ1v) is 13.8. The summed E-state index contributed by atoms with van der Waals surface area (Å²) in [5, 5.41) is 0.0383. The number of methoxy groups -OCH3 is 1. The first kappa shape index (κ1) is 25.4. The Morgan fingerprint density at radius 2 is 1.80 bits per heavy atom. The van der Waals surface area contributed by atoms with Gasteiger partial charge in [0.15, 0.2) is 9.84 Å². The highest BCUT2D eigenvalue weighted by atomic mass is 79.9. The molecule has 1 aliphatic rings. The van der Waals surface area contributed by atoms with Crippen LogP contribution >= 0.6 is 15.9 Å². The quantitative estimate of drug-likeness (QED) is 0.364. The fraction of sp³-hybridized carbons (Fsp3) is 0.385. The molecule has 0 radical (unpaired) electrons. The van der Waals surface area contributed by atoms with Crippen LogP contribution in [0.2, 0.25) is 0 Å². The molecule has 0 saturated carbocycles. The van der Waals surface area contributed by atoms with Crippen molar-refractivity contribution in [3.8, 4) is 0 Å². The molecule has 0 amide bonds. The standard InChI is InChI=1S/C26H28BrNO6S/c1-26(2,3)34-25(30)28-15-21(19-13-18(27)14-20(23(19)28)24(29)33-4)17-10-11-35(31,32)22(12-17)16-8-6-5-7-9-16/h5-9,13-15,17,22H,10-12H2,1-4H3. The van der Waals surface area contributed by atoms with Crippen molar-refractivity contribution in [2.75, 3.05) is 12.9 Å². The normalized spacial score (nSPS) is 19.9. The summed E-state index contributed by atoms with van der Waals surface area (Å²) < 4.78 is 38.6. The van der Waals surface area contributed by atoms with Crippen LogP contribution in [0.1, 0.15) is 66.3 Å². The molecule has 2 aromatic carbocycles. The van der Waals surface area contributed by atoms with E-state index in [9.17, 15) is 18.0 Å². The molecule has 0 aliphatic carbocycles. The van der Waals surface area contributed by atoms with Crippen molar-refractivity contribution >= 4 is 48.7 Å². The van der Waals surface area contributed by atoms with Gasteiger partial charge in [0.2, 0.25) is 0 Å². The van der Waals surface area contributed by atoms with E-state index in [2.05, 4.69) is 15.9 Å². The van der Waals surface area contributed by atoms with E-state index in [1.165, 1.54) is 11.7 Å². The molecule has 186 valence electrons. The minimum Gasteiger partial charge on any atom is -0.465 e. The summed E-state index contributed by atoms with van der Waals surface area (Å²) in [5.74, 6) is -0.692. The number of carbonyl (C=O) groups is 2. The smallest absolute Gasteiger partial charge is 0.419 e. The summed E-state index contributed by atoms with van der Waals surface area (Å²) in [6.45, 7) is 5.31. The number of hydrogen-bond donors (Lipinski definition) is 0. The molecular weight excluding hydrogens is 534 g/mol. The number of aromatic nitrogens is 1. The number of fused-ring (bicyclic) bond motifs is 1. The van der Waals surface area contributed by atoms with Gasteiger partial charge in [0.1, 0.15) is 5.60 Å². The van der Waals surface area contributed by atoms with E-state index in [0.29, 0.717) is 28.2 Å². The zero-order valence-electron chi connectivity index (χ0n) is 20.1. The zero-order valence-corrected chi connectivity index (χ0v) is 22.5. The van der Waals surface area contributed by atoms with Gasteiger partial charge in [0, 0.05) is 16.1 Å². The van der Waals surface area contributed by atoms with Crippen molar-refractivity contribution in [1.82, 2.24) is 4.57 Å². The van der Waals surface area contributed by atoms with Gasteiger partial charge in [0.25, 0.3) is 0 Å². The highest BCUT2D eigenvalue weighted by Gasteiger charge is 2.37. The Hall–Kier alpha value is -2.65. The first-order chi connectivity index (χ1) is 16.4. The molecule has 2 unspecified atom stereocenters. The van der Waals surface area contributed by atoms with Gasteiger partial charge in [-0.05, 0) is 62.8 Å². The maximum atomic E-state index is 13.2. The van der Waals surface area contributed by atoms with Gasteiger partial charge in [-0.25, -0.2) is 18.0 Å². The number of hydrogen-bond acceptors (Lipinski definition) is 6. The third-order valence-electron chi connectivity index (χ3n) is 6.18. The minimum atomic E-state index is -3.32. The molecule has 0 bridgehead atoms. The Balaban J connectivity index is 1.88. The van der Waals surface area contributed by atoms with Crippen LogP contribution in [-0.4, -0.2) is 43.5 Å². The van der Waals surface area contributed by atoms with E-state index < -0.39 is 32.8 Å². The van der Waals surface area contributed by atoms with Gasteiger partial charge < -0.3 is 9.47 Å². The van der Waals surface area contributed by atoms with Crippen LogP contribution in [0.15, 0.2) is 53.1 Å². The molecule has 1 aromatic heterocycles. The van der Waals surface area contributed by atoms with E-state index in [0.717, 1.165) is 11.1 Å². The maximum absolute atomic E-state index is 13.2. The number of nitrogens with zero attached hydrogens (tertiary/aromatic N) is 1. The van der Waals surface area contributed by atoms with E-state index in [-0.39, 0.29) is 17.2 Å². The lowest BCUT2D eigenvalue weighted by Gasteiger charge is -2.29. The lowest BCUT2D eigenvalue weighted by Crippen LogP contribution is -2.27. The molecule has 9 heteroatoms. The number of sulfone groups is 1. The Morgan fingerprint density at radius 3 is 2.43 bits per heavy atom. The highest BCUT2D eigenvalue weighted by Crippen LogP contribution is 2.44. The number of carbonyl (C=O) groups excluding carboxylic acids is 2. The molecule has 1 aliphatic heterocycles. The topological polar surface area (TPSA) is 91.7 Å². The fourth-order valence-electron chi connectivity index (χ4n) is 4.66. The van der Waals surface area contributed by atoms with Crippen LogP contribution in [0.25, 0.3) is 10.9 Å². The maximum Gasteiger partial charge on any atom is 0.419 e. The summed E-state index contributed by atoms with van der Waals surface area (Å²) in [7, 11) is -2.03. The van der Waals surface area contributed by atoms with Gasteiger partial charge in [0.05, 0.1) is 29.2 Å². The molecule has 7 nitrogen and oxygen atoms in total. The third kappa shape index (κ3) is 5.16. The van der Waals surface area contributed by atoms with Crippen LogP contribution < -0.4 is 0 Å². The molecule has 2 atom stereocenters. The third-order valence-corrected chi connectivity index (χ3v) is 8.78. The second-order valence-corrected chi connectivity index (χ2v) is 13.0. The van der Waals surface area contributed by atoms with Crippen molar-refractivity contribution in [1.29, 1.82) is 0 Å². The predicted molar refractivity (Wildman–Crippen MR) is 138 cm³/mol. The molecule has 2 heterocycles. The highest BCUT2D eigenvalue weighted by molar-refractivity contribution is 9.10. The largest absolute Gasteiger partial charge is 0.465 e. The van der Waals surface area contributed by atoms with Crippen LogP contribution in [-0.2, 0) is 19.3 Å². The second-order valence-electron chi connectivity index (χ2n) is 9.76. The lowest BCUT2D eigenvalue weighted by atomic mass is 9.89. The van der Waals surface area contributed by atoms with Gasteiger partial charge >= 0.3 is 12.1 Å². The monoisotopic (exact) mass is 561 g/mol. The molecule has 35 heavy (non-hydrogen) atoms. The van der Waals surface area contributed by atoms with Crippen molar-refractivity contribution in [3.05, 3.63) is 69.8 Å². The lowest BCUT2D eigenvalue weighted by molar-refractivity contribution is 0.0544. The number of benzene rings is 2. The summed E-state index contributed by atoms with van der Waals surface area (Å²) in [5.41, 5.74) is 1.41. The molecule has 0 N–H and O–H groups in total. The SMILES string of the molecule is COC(=O)c1cc(Br)cc2c(C3CCS(=O)(=O)C(c4ccccc4)C3)cn(C(=O)OC(C)(C)C)c12. The van der Waals surface area contributed by atoms with Gasteiger partial charge in [-0.1, -0.05) is 46.3 Å². The van der Waals surface area contributed by atoms with Crippen LogP contribution in [0, 0.1) is 0 Å². The molecule has 4 rings (SSSR count). The zero-order chi connectivity index (χ0) is 25.5. The molecule has 1 saturated heterocycles. The minimum absolute atomic E-state index is 0.0359. The Labute approximate surface area is 213 Å². The summed E-state index contributed by atoms with van der Waals surface area (Å²) in [6, 6.07) is 12.7. The number of esters is 1. The van der Waals surface area contributed by atoms with Crippen molar-refractivity contribution in [2.24, 2.45) is 0 Å². The first-order valence-electron chi connectivity index (χ1n) is 11.3. The number of rotatable bonds is 3. The molecular formula is C26H28BrNO6S. The molecule has 1 fully saturated rings. The van der Waals surface area contributed by atoms with Crippen molar-refractivity contribution in [3.63, 3.8) is 0 Å². The summed E-state index contributed by atoms with van der Waals surface area (Å²) in [6.07, 6.45) is 1.85. The van der Waals surface area contributed by atoms with Crippen molar-refractivity contribution < 1.29 is 27.5 Å². The fourth-order valence-corrected chi connectivity index (χ4v) is 7.12. The Bertz CT molecular complexity index is 1390. The Morgan fingerprint density at radius 1 is 1.11 bits per heavy atom. The van der Waals surface area contributed by atoms with E-state index in [1.54, 1.807) is 33.0 Å². The van der Waals surface area contributed by atoms with Crippen molar-refractivity contribution in [2.45, 2.75) is 50.4 Å². The number of halogens is 1. The average molecular weight is 562 g/mol. The Kier molecular flexibility index (Phi) is 6.85. The molecule has 0 spiro atoms. The van der Waals surface area contributed by atoms with Gasteiger partial charge in [-0.2, -0.15) is 0 Å². The summed E-state index contributed by atoms with van der Waals surface area (Å²) in [4.78, 5) is 25.8. The van der Waals surface area contributed by atoms with Crippen LogP contribution in [0.5, 0.6) is 0 Å². The van der Waals surface area contributed by atoms with Gasteiger partial charge in [-0.3, -0.25) is 4.57 Å². The molecule has 3 aromatic rings. The predicted octanol–water partition coefficient (Wildman–Crippen LogP) is 6.01. The van der Waals surface area contributed by atoms with E-state index in [4.69, 9.17) is 9.47 Å². The van der Waals surface area contributed by atoms with Crippen LogP contribution in [0.4, 0.5) is 4.79 Å². The van der Waals surface area contributed by atoms with E-state index >= 15 is 0 Å². The van der Waals surface area contributed by atoms with Crippen LogP contribution in [0.3, 0.4) is 0 Å². The summed E-state index contributed by atoms with van der Waals surface area (Å²) >= 11 is 3.47. The van der Waals surface area contributed by atoms with Gasteiger partial charge in [-0.15, -0.1) is 0 Å². The number of ether oxygens (including phenoxy) is 2.